The van der Waals surface area contributed by atoms with Gasteiger partial charge in [0.15, 0.2) is 0 Å². The van der Waals surface area contributed by atoms with E-state index in [0.717, 1.165) is 16.9 Å². The van der Waals surface area contributed by atoms with Gasteiger partial charge < -0.3 is 24.8 Å². The molecule has 3 aromatic rings. The molecular formula is C26H26N2O5. The van der Waals surface area contributed by atoms with E-state index in [2.05, 4.69) is 5.32 Å². The zero-order valence-electron chi connectivity index (χ0n) is 18.3. The topological polar surface area (TPSA) is 88.1 Å². The van der Waals surface area contributed by atoms with Crippen LogP contribution in [0.3, 0.4) is 0 Å². The first-order valence-corrected chi connectivity index (χ1v) is 10.7. The van der Waals surface area contributed by atoms with Crippen molar-refractivity contribution in [1.29, 1.82) is 0 Å². The smallest absolute Gasteiger partial charge is 0.255 e. The Morgan fingerprint density at radius 1 is 1.06 bits per heavy atom. The molecule has 0 radical (unpaired) electrons. The normalized spacial score (nSPS) is 18.1. The Morgan fingerprint density at radius 3 is 2.39 bits per heavy atom. The zero-order chi connectivity index (χ0) is 23.2. The third kappa shape index (κ3) is 5.22. The fourth-order valence-corrected chi connectivity index (χ4v) is 3.90. The Morgan fingerprint density at radius 2 is 1.76 bits per heavy atom. The number of carbonyl (C=O) groups is 2. The lowest BCUT2D eigenvalue weighted by molar-refractivity contribution is -0.162. The van der Waals surface area contributed by atoms with Crippen molar-refractivity contribution in [2.24, 2.45) is 0 Å². The summed E-state index contributed by atoms with van der Waals surface area (Å²) in [5.41, 5.74) is 2.97. The molecule has 170 valence electrons. The van der Waals surface area contributed by atoms with Crippen LogP contribution in [0.1, 0.15) is 27.6 Å². The maximum absolute atomic E-state index is 12.6. The van der Waals surface area contributed by atoms with Gasteiger partial charge in [0, 0.05) is 17.8 Å². The van der Waals surface area contributed by atoms with Crippen LogP contribution in [0.2, 0.25) is 0 Å². The number of hydrogen-bond donors (Lipinski definition) is 2. The maximum atomic E-state index is 12.6. The number of aliphatic hydroxyl groups excluding tert-OH is 1. The van der Waals surface area contributed by atoms with E-state index >= 15 is 0 Å². The highest BCUT2D eigenvalue weighted by Gasteiger charge is 2.37. The largest absolute Gasteiger partial charge is 0.497 e. The minimum atomic E-state index is -0.530. The minimum absolute atomic E-state index is 0.0657. The van der Waals surface area contributed by atoms with Crippen molar-refractivity contribution in [3.8, 4) is 5.75 Å². The van der Waals surface area contributed by atoms with Gasteiger partial charge in [0.05, 0.1) is 19.8 Å². The first kappa shape index (κ1) is 22.5. The molecule has 2 N–H and O–H groups in total. The van der Waals surface area contributed by atoms with Crippen molar-refractivity contribution in [2.75, 3.05) is 25.6 Å². The van der Waals surface area contributed by atoms with E-state index in [9.17, 15) is 14.7 Å². The van der Waals surface area contributed by atoms with E-state index in [0.29, 0.717) is 17.8 Å². The Hall–Kier alpha value is -3.68. The van der Waals surface area contributed by atoms with E-state index in [1.165, 1.54) is 0 Å². The van der Waals surface area contributed by atoms with Crippen molar-refractivity contribution in [3.63, 3.8) is 0 Å². The van der Waals surface area contributed by atoms with Crippen LogP contribution in [0.15, 0.2) is 78.9 Å². The highest BCUT2D eigenvalue weighted by molar-refractivity contribution is 6.04. The number of aliphatic hydroxyl groups is 1. The van der Waals surface area contributed by atoms with Gasteiger partial charge in [-0.05, 0) is 47.5 Å². The van der Waals surface area contributed by atoms with Gasteiger partial charge in [-0.15, -0.1) is 0 Å². The van der Waals surface area contributed by atoms with Crippen LogP contribution < -0.4 is 10.1 Å². The van der Waals surface area contributed by atoms with E-state index in [1.807, 2.05) is 54.6 Å². The summed E-state index contributed by atoms with van der Waals surface area (Å²) in [5.74, 6) is 0.373. The molecule has 0 spiro atoms. The molecule has 33 heavy (non-hydrogen) atoms. The number of amides is 2. The number of ether oxygens (including phenoxy) is 2. The van der Waals surface area contributed by atoms with Crippen LogP contribution in [0.4, 0.5) is 5.69 Å². The molecule has 4 rings (SSSR count). The first-order valence-electron chi connectivity index (χ1n) is 10.7. The monoisotopic (exact) mass is 446 g/mol. The van der Waals surface area contributed by atoms with Crippen LogP contribution in [-0.2, 0) is 16.1 Å². The predicted molar refractivity (Wildman–Crippen MR) is 124 cm³/mol. The standard InChI is InChI=1S/C26H26N2O5/c1-32-22-13-7-18(8-14-22)15-28-23(16-29)25(33-17-24(28)30)19-9-11-21(12-10-19)27-26(31)20-5-3-2-4-6-20/h2-14,23,25,29H,15-17H2,1H3,(H,27,31)/t23-,25-/m1/s1. The summed E-state index contributed by atoms with van der Waals surface area (Å²) in [7, 11) is 1.60. The molecule has 0 unspecified atom stereocenters. The van der Waals surface area contributed by atoms with Crippen molar-refractivity contribution in [1.82, 2.24) is 4.90 Å². The van der Waals surface area contributed by atoms with Gasteiger partial charge in [0.25, 0.3) is 5.91 Å². The molecule has 0 aromatic heterocycles. The molecule has 1 heterocycles. The van der Waals surface area contributed by atoms with Gasteiger partial charge >= 0.3 is 0 Å². The summed E-state index contributed by atoms with van der Waals surface area (Å²) < 4.78 is 11.0. The molecule has 0 bridgehead atoms. The Labute approximate surface area is 192 Å². The number of anilines is 1. The van der Waals surface area contributed by atoms with Gasteiger partial charge in [0.1, 0.15) is 18.5 Å². The molecule has 1 aliphatic rings. The summed E-state index contributed by atoms with van der Waals surface area (Å²) in [4.78, 5) is 26.6. The van der Waals surface area contributed by atoms with Crippen molar-refractivity contribution in [2.45, 2.75) is 18.7 Å². The summed E-state index contributed by atoms with van der Waals surface area (Å²) in [6.45, 7) is 0.0575. The van der Waals surface area contributed by atoms with E-state index < -0.39 is 12.1 Å². The van der Waals surface area contributed by atoms with Crippen molar-refractivity contribution < 1.29 is 24.2 Å². The van der Waals surface area contributed by atoms with E-state index in [1.54, 1.807) is 36.3 Å². The second-order valence-electron chi connectivity index (χ2n) is 7.79. The summed E-state index contributed by atoms with van der Waals surface area (Å²) in [6.07, 6.45) is -0.482. The van der Waals surface area contributed by atoms with Crippen LogP contribution in [0.5, 0.6) is 5.75 Å². The van der Waals surface area contributed by atoms with Crippen molar-refractivity contribution >= 4 is 17.5 Å². The number of carbonyl (C=O) groups excluding carboxylic acids is 2. The molecule has 3 aromatic carbocycles. The van der Waals surface area contributed by atoms with Crippen LogP contribution in [0, 0.1) is 0 Å². The minimum Gasteiger partial charge on any atom is -0.497 e. The van der Waals surface area contributed by atoms with Gasteiger partial charge in [-0.2, -0.15) is 0 Å². The number of morpholine rings is 1. The molecule has 7 nitrogen and oxygen atoms in total. The lowest BCUT2D eigenvalue weighted by Gasteiger charge is -2.40. The number of nitrogens with zero attached hydrogens (tertiary/aromatic N) is 1. The molecule has 7 heteroatoms. The molecule has 1 fully saturated rings. The Balaban J connectivity index is 1.47. The number of benzene rings is 3. The van der Waals surface area contributed by atoms with Gasteiger partial charge in [-0.1, -0.05) is 42.5 Å². The molecule has 0 aliphatic carbocycles. The summed E-state index contributed by atoms with van der Waals surface area (Å²) >= 11 is 0. The quantitative estimate of drug-likeness (QED) is 0.581. The average molecular weight is 447 g/mol. The third-order valence-electron chi connectivity index (χ3n) is 5.69. The second kappa shape index (κ2) is 10.3. The Bertz CT molecular complexity index is 1080. The lowest BCUT2D eigenvalue weighted by Crippen LogP contribution is -2.52. The lowest BCUT2D eigenvalue weighted by atomic mass is 9.98. The highest BCUT2D eigenvalue weighted by Crippen LogP contribution is 2.31. The SMILES string of the molecule is COc1ccc(CN2C(=O)CO[C@H](c3ccc(NC(=O)c4ccccc4)cc3)[C@H]2CO)cc1. The van der Waals surface area contributed by atoms with Crippen LogP contribution >= 0.6 is 0 Å². The molecule has 1 aliphatic heterocycles. The molecule has 0 saturated carbocycles. The number of methoxy groups -OCH3 is 1. The van der Waals surface area contributed by atoms with Gasteiger partial charge in [-0.25, -0.2) is 0 Å². The van der Waals surface area contributed by atoms with E-state index in [4.69, 9.17) is 9.47 Å². The predicted octanol–water partition coefficient (Wildman–Crippen LogP) is 3.41. The molecule has 2 atom stereocenters. The highest BCUT2D eigenvalue weighted by atomic mass is 16.5. The first-order chi connectivity index (χ1) is 16.1. The average Bonchev–Trinajstić information content (AvgIpc) is 2.86. The number of hydrogen-bond acceptors (Lipinski definition) is 5. The fourth-order valence-electron chi connectivity index (χ4n) is 3.90. The van der Waals surface area contributed by atoms with Gasteiger partial charge in [0.2, 0.25) is 5.91 Å². The molecule has 2 amide bonds. The zero-order valence-corrected chi connectivity index (χ0v) is 18.3. The van der Waals surface area contributed by atoms with Crippen molar-refractivity contribution in [3.05, 3.63) is 95.6 Å². The number of nitrogens with one attached hydrogen (secondary N) is 1. The van der Waals surface area contributed by atoms with E-state index in [-0.39, 0.29) is 25.0 Å². The maximum Gasteiger partial charge on any atom is 0.255 e. The molecular weight excluding hydrogens is 420 g/mol. The van der Waals surface area contributed by atoms with Gasteiger partial charge in [-0.3, -0.25) is 9.59 Å². The van der Waals surface area contributed by atoms with Crippen LogP contribution in [-0.4, -0.2) is 48.2 Å². The third-order valence-corrected chi connectivity index (χ3v) is 5.69. The second-order valence-corrected chi connectivity index (χ2v) is 7.79. The molecule has 1 saturated heterocycles. The fraction of sp³-hybridized carbons (Fsp3) is 0.231. The number of rotatable bonds is 7. The summed E-state index contributed by atoms with van der Waals surface area (Å²) in [6, 6.07) is 23.2. The summed E-state index contributed by atoms with van der Waals surface area (Å²) in [5, 5.41) is 13.0. The van der Waals surface area contributed by atoms with Crippen LogP contribution in [0.25, 0.3) is 0 Å². The Kier molecular flexibility index (Phi) is 7.02.